The van der Waals surface area contributed by atoms with E-state index in [1.165, 1.54) is 27.8 Å². The first kappa shape index (κ1) is 19.2. The molecule has 0 aliphatic carbocycles. The van der Waals surface area contributed by atoms with Gasteiger partial charge in [-0.25, -0.2) is 4.79 Å². The minimum atomic E-state index is -0.429. The van der Waals surface area contributed by atoms with Crippen LogP contribution in [0.3, 0.4) is 0 Å². The zero-order valence-corrected chi connectivity index (χ0v) is 16.3. The summed E-state index contributed by atoms with van der Waals surface area (Å²) in [7, 11) is 0. The standard InChI is InChI=1S/C23H25N3O3/c27-19-8-9-20-21(16-19)24-23(29)26(22(20)28)13-5-4-12-25-14-10-18(11-15-25)17-6-2-1-3-7-17/h1-3,6-10,16,27H,4-5,11-15H2,(H,24,29). The van der Waals surface area contributed by atoms with Crippen LogP contribution in [0.1, 0.15) is 24.8 Å². The van der Waals surface area contributed by atoms with Gasteiger partial charge in [-0.3, -0.25) is 14.3 Å². The summed E-state index contributed by atoms with van der Waals surface area (Å²) in [5.41, 5.74) is 2.33. The maximum Gasteiger partial charge on any atom is 0.328 e. The third-order valence-corrected chi connectivity index (χ3v) is 5.51. The Bertz CT molecular complexity index is 1150. The van der Waals surface area contributed by atoms with Gasteiger partial charge in [0.1, 0.15) is 5.75 Å². The van der Waals surface area contributed by atoms with Gasteiger partial charge < -0.3 is 10.1 Å². The molecule has 2 N–H and O–H groups in total. The SMILES string of the molecule is O=c1[nH]c2cc(O)ccc2c(=O)n1CCCCN1CC=C(c2ccccc2)CC1. The molecule has 4 rings (SSSR count). The van der Waals surface area contributed by atoms with Crippen molar-refractivity contribution < 1.29 is 5.11 Å². The summed E-state index contributed by atoms with van der Waals surface area (Å²) in [6.45, 7) is 3.31. The molecule has 1 aliphatic rings. The zero-order valence-electron chi connectivity index (χ0n) is 16.3. The second-order valence-electron chi connectivity index (χ2n) is 7.47. The van der Waals surface area contributed by atoms with Crippen LogP contribution in [0, 0.1) is 0 Å². The van der Waals surface area contributed by atoms with Crippen LogP contribution >= 0.6 is 0 Å². The molecule has 1 aromatic heterocycles. The van der Waals surface area contributed by atoms with Gasteiger partial charge >= 0.3 is 5.69 Å². The van der Waals surface area contributed by atoms with Gasteiger partial charge in [-0.1, -0.05) is 36.4 Å². The summed E-state index contributed by atoms with van der Waals surface area (Å²) in [4.78, 5) is 29.9. The molecule has 0 amide bonds. The monoisotopic (exact) mass is 391 g/mol. The van der Waals surface area contributed by atoms with Gasteiger partial charge in [-0.15, -0.1) is 0 Å². The number of H-pyrrole nitrogens is 1. The molecule has 0 spiro atoms. The Hall–Kier alpha value is -3.12. The average Bonchev–Trinajstić information content (AvgIpc) is 2.74. The van der Waals surface area contributed by atoms with Crippen molar-refractivity contribution >= 4 is 16.5 Å². The normalized spacial score (nSPS) is 14.8. The first-order valence-corrected chi connectivity index (χ1v) is 10.0. The quantitative estimate of drug-likeness (QED) is 0.634. The fraction of sp³-hybridized carbons (Fsp3) is 0.304. The number of rotatable bonds is 6. The summed E-state index contributed by atoms with van der Waals surface area (Å²) in [5.74, 6) is 0.0244. The van der Waals surface area contributed by atoms with E-state index in [9.17, 15) is 14.7 Å². The Morgan fingerprint density at radius 2 is 1.79 bits per heavy atom. The molecule has 2 aromatic carbocycles. The van der Waals surface area contributed by atoms with Gasteiger partial charge in [-0.05, 0) is 49.1 Å². The van der Waals surface area contributed by atoms with E-state index in [0.29, 0.717) is 17.4 Å². The van der Waals surface area contributed by atoms with Gasteiger partial charge in [0.2, 0.25) is 0 Å². The summed E-state index contributed by atoms with van der Waals surface area (Å²) in [5, 5.41) is 9.93. The Labute approximate surface area is 168 Å². The first-order chi connectivity index (χ1) is 14.1. The molecule has 150 valence electrons. The van der Waals surface area contributed by atoms with Gasteiger partial charge in [0.05, 0.1) is 10.9 Å². The molecule has 0 bridgehead atoms. The number of aromatic amines is 1. The highest BCUT2D eigenvalue weighted by Crippen LogP contribution is 2.22. The number of fused-ring (bicyclic) bond motifs is 1. The van der Waals surface area contributed by atoms with Crippen molar-refractivity contribution in [3.63, 3.8) is 0 Å². The van der Waals surface area contributed by atoms with Crippen LogP contribution in [0.15, 0.2) is 64.2 Å². The van der Waals surface area contributed by atoms with Crippen LogP contribution in [0.2, 0.25) is 0 Å². The largest absolute Gasteiger partial charge is 0.508 e. The molecule has 0 atom stereocenters. The van der Waals surface area contributed by atoms with Gasteiger partial charge in [-0.2, -0.15) is 0 Å². The van der Waals surface area contributed by atoms with E-state index in [-0.39, 0.29) is 11.3 Å². The van der Waals surface area contributed by atoms with Gasteiger partial charge in [0, 0.05) is 25.7 Å². The Morgan fingerprint density at radius 1 is 1.00 bits per heavy atom. The molecule has 29 heavy (non-hydrogen) atoms. The van der Waals surface area contributed by atoms with Gasteiger partial charge in [0.15, 0.2) is 0 Å². The van der Waals surface area contributed by atoms with E-state index in [1.54, 1.807) is 6.07 Å². The molecule has 6 heteroatoms. The van der Waals surface area contributed by atoms with Crippen molar-refractivity contribution in [3.8, 4) is 5.75 Å². The lowest BCUT2D eigenvalue weighted by atomic mass is 9.99. The number of nitrogens with one attached hydrogen (secondary N) is 1. The lowest BCUT2D eigenvalue weighted by molar-refractivity contribution is 0.292. The van der Waals surface area contributed by atoms with Crippen LogP contribution in [0.4, 0.5) is 0 Å². The zero-order chi connectivity index (χ0) is 20.2. The molecule has 0 unspecified atom stereocenters. The van der Waals surface area contributed by atoms with Crippen LogP contribution < -0.4 is 11.2 Å². The van der Waals surface area contributed by atoms with E-state index in [2.05, 4.69) is 40.2 Å². The topological polar surface area (TPSA) is 78.3 Å². The van der Waals surface area contributed by atoms with E-state index in [0.717, 1.165) is 38.9 Å². The van der Waals surface area contributed by atoms with E-state index in [1.807, 2.05) is 6.07 Å². The Morgan fingerprint density at radius 3 is 2.55 bits per heavy atom. The highest BCUT2D eigenvalue weighted by molar-refractivity contribution is 5.78. The van der Waals surface area contributed by atoms with Crippen LogP contribution in [0.5, 0.6) is 5.75 Å². The Balaban J connectivity index is 1.32. The number of hydrogen-bond donors (Lipinski definition) is 2. The van der Waals surface area contributed by atoms with Crippen molar-refractivity contribution in [2.24, 2.45) is 0 Å². The molecule has 0 saturated carbocycles. The number of benzene rings is 2. The maximum absolute atomic E-state index is 12.6. The van der Waals surface area contributed by atoms with Gasteiger partial charge in [0.25, 0.3) is 5.56 Å². The number of hydrogen-bond acceptors (Lipinski definition) is 4. The lowest BCUT2D eigenvalue weighted by Crippen LogP contribution is -2.35. The fourth-order valence-electron chi connectivity index (χ4n) is 3.88. The number of phenols is 1. The summed E-state index contributed by atoms with van der Waals surface area (Å²) in [6.07, 6.45) is 5.03. The molecular formula is C23H25N3O3. The number of unbranched alkanes of at least 4 members (excludes halogenated alkanes) is 1. The van der Waals surface area contributed by atoms with Crippen LogP contribution in [-0.4, -0.2) is 39.2 Å². The van der Waals surface area contributed by atoms with Crippen molar-refractivity contribution in [1.29, 1.82) is 0 Å². The van der Waals surface area contributed by atoms with E-state index in [4.69, 9.17) is 0 Å². The Kier molecular flexibility index (Phi) is 5.62. The second-order valence-corrected chi connectivity index (χ2v) is 7.47. The highest BCUT2D eigenvalue weighted by atomic mass is 16.3. The molecule has 3 aromatic rings. The van der Waals surface area contributed by atoms with Crippen molar-refractivity contribution in [3.05, 3.63) is 81.0 Å². The minimum absolute atomic E-state index is 0.0244. The van der Waals surface area contributed by atoms with Crippen LogP contribution in [-0.2, 0) is 6.54 Å². The van der Waals surface area contributed by atoms with Crippen LogP contribution in [0.25, 0.3) is 16.5 Å². The smallest absolute Gasteiger partial charge is 0.328 e. The number of phenolic OH excluding ortho intramolecular Hbond substituents is 1. The average molecular weight is 391 g/mol. The maximum atomic E-state index is 12.6. The number of nitrogens with zero attached hydrogens (tertiary/aromatic N) is 2. The van der Waals surface area contributed by atoms with Crippen molar-refractivity contribution in [1.82, 2.24) is 14.5 Å². The number of aromatic hydroxyl groups is 1. The third kappa shape index (κ3) is 4.32. The first-order valence-electron chi connectivity index (χ1n) is 10.0. The third-order valence-electron chi connectivity index (χ3n) is 5.51. The summed E-state index contributed by atoms with van der Waals surface area (Å²) < 4.78 is 1.25. The molecule has 1 aliphatic heterocycles. The molecule has 2 heterocycles. The summed E-state index contributed by atoms with van der Waals surface area (Å²) in [6, 6.07) is 14.9. The van der Waals surface area contributed by atoms with Crippen molar-refractivity contribution in [2.75, 3.05) is 19.6 Å². The highest BCUT2D eigenvalue weighted by Gasteiger charge is 2.13. The molecule has 0 fully saturated rings. The van der Waals surface area contributed by atoms with E-state index < -0.39 is 5.69 Å². The molecule has 6 nitrogen and oxygen atoms in total. The molecular weight excluding hydrogens is 366 g/mol. The minimum Gasteiger partial charge on any atom is -0.508 e. The predicted octanol–water partition coefficient (Wildman–Crippen LogP) is 2.96. The second kappa shape index (κ2) is 8.49. The fourth-order valence-corrected chi connectivity index (χ4v) is 3.88. The lowest BCUT2D eigenvalue weighted by Gasteiger charge is -2.26. The summed E-state index contributed by atoms with van der Waals surface area (Å²) >= 11 is 0. The van der Waals surface area contributed by atoms with Crippen molar-refractivity contribution in [2.45, 2.75) is 25.8 Å². The molecule has 0 radical (unpaired) electrons. The van der Waals surface area contributed by atoms with E-state index >= 15 is 0 Å². The number of aromatic nitrogens is 2. The molecule has 0 saturated heterocycles. The predicted molar refractivity (Wildman–Crippen MR) is 115 cm³/mol.